The Bertz CT molecular complexity index is 160. The van der Waals surface area contributed by atoms with E-state index in [-0.39, 0.29) is 0 Å². The van der Waals surface area contributed by atoms with Crippen molar-refractivity contribution in [1.29, 1.82) is 0 Å². The van der Waals surface area contributed by atoms with Gasteiger partial charge < -0.3 is 0 Å². The smallest absolute Gasteiger partial charge is 0.0617 e. The van der Waals surface area contributed by atoms with Crippen molar-refractivity contribution in [3.05, 3.63) is 33.4 Å². The summed E-state index contributed by atoms with van der Waals surface area (Å²) in [5.74, 6) is 0. The van der Waals surface area contributed by atoms with Crippen LogP contribution in [0, 0.1) is 10.5 Å². The topological polar surface area (TPSA) is 0 Å². The Kier molecular flexibility index (Phi) is 1.89. The second kappa shape index (κ2) is 2.49. The summed E-state index contributed by atoms with van der Waals surface area (Å²) in [5.41, 5.74) is 1.37. The zero-order valence-electron chi connectivity index (χ0n) is 4.72. The number of hydrogen-bond donors (Lipinski definition) is 0. The van der Waals surface area contributed by atoms with Crippen molar-refractivity contribution in [1.82, 2.24) is 0 Å². The van der Waals surface area contributed by atoms with Crippen molar-refractivity contribution in [3.63, 3.8) is 0 Å². The van der Waals surface area contributed by atoms with Gasteiger partial charge in [-0.3, -0.25) is 0 Å². The zero-order valence-corrected chi connectivity index (χ0v) is 7.05. The van der Waals surface area contributed by atoms with Gasteiger partial charge in [-0.2, -0.15) is 0 Å². The maximum absolute atomic E-state index is 2.12. The van der Waals surface area contributed by atoms with Gasteiger partial charge in [-0.05, 0) is 13.0 Å². The summed E-state index contributed by atoms with van der Waals surface area (Å²) in [6, 6.07) is 8.37. The monoisotopic (exact) mass is 219 g/mol. The third-order valence-corrected chi connectivity index (χ3v) is 2.40. The molecule has 0 bridgehead atoms. The van der Waals surface area contributed by atoms with E-state index in [0.29, 0.717) is 0 Å². The number of benzene rings is 1. The summed E-state index contributed by atoms with van der Waals surface area (Å²) < 4.78 is 1.38. The first kappa shape index (κ1) is 6.08. The fraction of sp³-hybridized carbons (Fsp3) is 0.143. The highest BCUT2D eigenvalue weighted by Crippen LogP contribution is 1.92. The van der Waals surface area contributed by atoms with Crippen LogP contribution in [-0.2, 0) is 0 Å². The lowest BCUT2D eigenvalue weighted by atomic mass is 10.2. The molecule has 0 fully saturated rings. The van der Waals surface area contributed by atoms with Gasteiger partial charge in [-0.25, -0.2) is 0 Å². The van der Waals surface area contributed by atoms with Crippen molar-refractivity contribution in [3.8, 4) is 0 Å². The Morgan fingerprint density at radius 2 is 1.88 bits per heavy atom. The molecule has 0 spiro atoms. The second-order valence-corrected chi connectivity index (χ2v) is 3.02. The predicted molar refractivity (Wildman–Crippen MR) is 31.3 cm³/mol. The maximum atomic E-state index is 2.12. The number of aryl methyl sites for hydroxylation is 1. The zero-order chi connectivity index (χ0) is 5.98. The van der Waals surface area contributed by atoms with Gasteiger partial charge in [0.25, 0.3) is 22.6 Å². The normalized spacial score (nSPS) is 9.25. The van der Waals surface area contributed by atoms with Crippen LogP contribution in [0.2, 0.25) is 0 Å². The quantitative estimate of drug-likeness (QED) is 0.463. The average Bonchev–Trinajstić information content (AvgIpc) is 1.77. The summed E-state index contributed by atoms with van der Waals surface area (Å²) >= 11 is 2.05. The Morgan fingerprint density at radius 1 is 1.25 bits per heavy atom. The SMILES string of the molecule is Cc1ccccc1[IH+]. The lowest BCUT2D eigenvalue weighted by molar-refractivity contribution is -0.329. The Labute approximate surface area is 63.1 Å². The molecule has 0 aliphatic rings. The third-order valence-electron chi connectivity index (χ3n) is 1.09. The summed E-state index contributed by atoms with van der Waals surface area (Å²) in [5, 5.41) is 0. The molecule has 0 aliphatic carbocycles. The predicted octanol–water partition coefficient (Wildman–Crippen LogP) is -1.55. The van der Waals surface area contributed by atoms with Crippen molar-refractivity contribution in [2.75, 3.05) is 0 Å². The van der Waals surface area contributed by atoms with Gasteiger partial charge in [0.05, 0.1) is 0 Å². The molecule has 0 saturated heterocycles. The van der Waals surface area contributed by atoms with Gasteiger partial charge in [0.1, 0.15) is 0 Å². The van der Waals surface area contributed by atoms with Gasteiger partial charge in [0.15, 0.2) is 3.57 Å². The Balaban J connectivity index is 3.13. The second-order valence-electron chi connectivity index (χ2n) is 1.77. The summed E-state index contributed by atoms with van der Waals surface area (Å²) in [6.07, 6.45) is 0. The number of hydrogen-bond acceptors (Lipinski definition) is 0. The molecule has 42 valence electrons. The average molecular weight is 219 g/mol. The van der Waals surface area contributed by atoms with Crippen LogP contribution in [0.1, 0.15) is 5.56 Å². The molecule has 0 unspecified atom stereocenters. The number of rotatable bonds is 0. The van der Waals surface area contributed by atoms with Gasteiger partial charge in [-0.15, -0.1) is 0 Å². The standard InChI is InChI=1S/C7H8I/c1-6-4-2-3-5-7(6)8/h2-5,8H,1H3/q+1. The summed E-state index contributed by atoms with van der Waals surface area (Å²) in [4.78, 5) is 0. The van der Waals surface area contributed by atoms with Crippen LogP contribution >= 0.6 is 0 Å². The van der Waals surface area contributed by atoms with Crippen molar-refractivity contribution >= 4 is 0 Å². The van der Waals surface area contributed by atoms with E-state index in [9.17, 15) is 0 Å². The van der Waals surface area contributed by atoms with E-state index in [1.807, 2.05) is 0 Å². The van der Waals surface area contributed by atoms with Crippen molar-refractivity contribution < 1.29 is 22.6 Å². The summed E-state index contributed by atoms with van der Waals surface area (Å²) in [6.45, 7) is 2.12. The van der Waals surface area contributed by atoms with Crippen LogP contribution in [0.15, 0.2) is 24.3 Å². The highest BCUT2D eigenvalue weighted by atomic mass is 127. The molecule has 1 aromatic carbocycles. The molecule has 0 nitrogen and oxygen atoms in total. The van der Waals surface area contributed by atoms with E-state index in [1.54, 1.807) is 0 Å². The first-order valence-corrected chi connectivity index (χ1v) is 3.70. The number of halogens is 1. The molecular formula is C7H8I+. The van der Waals surface area contributed by atoms with Crippen LogP contribution < -0.4 is 22.6 Å². The molecule has 0 aromatic heterocycles. The fourth-order valence-corrected chi connectivity index (χ4v) is 0.975. The van der Waals surface area contributed by atoms with Gasteiger partial charge in [0, 0.05) is 5.56 Å². The first-order valence-electron chi connectivity index (χ1n) is 2.53. The van der Waals surface area contributed by atoms with E-state index in [1.165, 1.54) is 9.13 Å². The minimum Gasteiger partial charge on any atom is -0.0617 e. The highest BCUT2D eigenvalue weighted by molar-refractivity contribution is 5.10. The Morgan fingerprint density at radius 3 is 2.25 bits per heavy atom. The minimum absolute atomic E-state index is 1.37. The molecule has 0 amide bonds. The lowest BCUT2D eigenvalue weighted by Crippen LogP contribution is -3.34. The van der Waals surface area contributed by atoms with Gasteiger partial charge in [-0.1, -0.05) is 18.2 Å². The molecule has 1 rings (SSSR count). The Hall–Kier alpha value is -0.0500. The van der Waals surface area contributed by atoms with Crippen molar-refractivity contribution in [2.45, 2.75) is 6.92 Å². The first-order chi connectivity index (χ1) is 3.80. The van der Waals surface area contributed by atoms with Crippen LogP contribution in [0.5, 0.6) is 0 Å². The van der Waals surface area contributed by atoms with E-state index in [0.717, 1.165) is 0 Å². The van der Waals surface area contributed by atoms with Crippen LogP contribution in [0.25, 0.3) is 0 Å². The van der Waals surface area contributed by atoms with Crippen molar-refractivity contribution in [2.24, 2.45) is 0 Å². The van der Waals surface area contributed by atoms with Gasteiger partial charge >= 0.3 is 0 Å². The van der Waals surface area contributed by atoms with Gasteiger partial charge in [0.2, 0.25) is 0 Å². The van der Waals surface area contributed by atoms with E-state index >= 15 is 0 Å². The molecular weight excluding hydrogens is 211 g/mol. The molecule has 1 aromatic rings. The maximum Gasteiger partial charge on any atom is 0.296 e. The van der Waals surface area contributed by atoms with E-state index < -0.39 is 0 Å². The minimum atomic E-state index is 1.37. The molecule has 0 heterocycles. The molecule has 0 N–H and O–H groups in total. The van der Waals surface area contributed by atoms with Crippen LogP contribution in [0.4, 0.5) is 0 Å². The fourth-order valence-electron chi connectivity index (χ4n) is 0.556. The molecule has 1 heteroatoms. The summed E-state index contributed by atoms with van der Waals surface area (Å²) in [7, 11) is 0. The molecule has 0 saturated carbocycles. The lowest BCUT2D eigenvalue weighted by Gasteiger charge is -1.84. The molecule has 0 atom stereocenters. The third kappa shape index (κ3) is 1.22. The molecule has 0 radical (unpaired) electrons. The van der Waals surface area contributed by atoms with E-state index in [2.05, 4.69) is 53.8 Å². The van der Waals surface area contributed by atoms with Crippen LogP contribution in [-0.4, -0.2) is 0 Å². The molecule has 0 aliphatic heterocycles. The van der Waals surface area contributed by atoms with Crippen LogP contribution in [0.3, 0.4) is 0 Å². The van der Waals surface area contributed by atoms with E-state index in [4.69, 9.17) is 0 Å². The highest BCUT2D eigenvalue weighted by Gasteiger charge is 1.95. The largest absolute Gasteiger partial charge is 0.296 e. The molecule has 8 heavy (non-hydrogen) atoms.